The summed E-state index contributed by atoms with van der Waals surface area (Å²) in [6.45, 7) is 3.36. The van der Waals surface area contributed by atoms with E-state index in [0.717, 1.165) is 15.6 Å². The SMILES string of the molecule is C/C(C(=O)O)=C(\C)c1ccc(Cl)c(Br)c1. The monoisotopic (exact) mass is 288 g/mol. The Kier molecular flexibility index (Phi) is 3.94. The number of halogens is 2. The van der Waals surface area contributed by atoms with Crippen LogP contribution < -0.4 is 0 Å². The first-order valence-corrected chi connectivity index (χ1v) is 5.46. The van der Waals surface area contributed by atoms with Crippen LogP contribution in [0, 0.1) is 0 Å². The van der Waals surface area contributed by atoms with E-state index >= 15 is 0 Å². The van der Waals surface area contributed by atoms with Crippen molar-refractivity contribution in [3.8, 4) is 0 Å². The highest BCUT2D eigenvalue weighted by atomic mass is 79.9. The minimum Gasteiger partial charge on any atom is -0.478 e. The summed E-state index contributed by atoms with van der Waals surface area (Å²) in [5.41, 5.74) is 1.93. The van der Waals surface area contributed by atoms with E-state index in [1.54, 1.807) is 26.0 Å². The lowest BCUT2D eigenvalue weighted by molar-refractivity contribution is -0.132. The summed E-state index contributed by atoms with van der Waals surface area (Å²) in [6.07, 6.45) is 0. The van der Waals surface area contributed by atoms with E-state index in [0.29, 0.717) is 10.6 Å². The van der Waals surface area contributed by atoms with E-state index < -0.39 is 5.97 Å². The summed E-state index contributed by atoms with van der Waals surface area (Å²) >= 11 is 9.15. The van der Waals surface area contributed by atoms with Crippen molar-refractivity contribution in [2.75, 3.05) is 0 Å². The number of rotatable bonds is 2. The van der Waals surface area contributed by atoms with Crippen molar-refractivity contribution in [3.63, 3.8) is 0 Å². The Hall–Kier alpha value is -0.800. The Labute approximate surface area is 102 Å². The molecule has 0 unspecified atom stereocenters. The van der Waals surface area contributed by atoms with Gasteiger partial charge in [0.2, 0.25) is 0 Å². The molecule has 0 aliphatic heterocycles. The zero-order chi connectivity index (χ0) is 11.6. The molecule has 0 atom stereocenters. The number of benzene rings is 1. The maximum absolute atomic E-state index is 10.8. The molecule has 15 heavy (non-hydrogen) atoms. The molecule has 0 aliphatic carbocycles. The molecule has 4 heteroatoms. The van der Waals surface area contributed by atoms with E-state index in [9.17, 15) is 4.79 Å². The van der Waals surface area contributed by atoms with E-state index in [-0.39, 0.29) is 0 Å². The smallest absolute Gasteiger partial charge is 0.331 e. The lowest BCUT2D eigenvalue weighted by atomic mass is 10.0. The van der Waals surface area contributed by atoms with Gasteiger partial charge in [0.1, 0.15) is 0 Å². The molecule has 0 spiro atoms. The quantitative estimate of drug-likeness (QED) is 0.836. The molecule has 1 aromatic carbocycles. The van der Waals surface area contributed by atoms with Gasteiger partial charge in [-0.2, -0.15) is 0 Å². The van der Waals surface area contributed by atoms with Crippen molar-refractivity contribution in [2.45, 2.75) is 13.8 Å². The van der Waals surface area contributed by atoms with Gasteiger partial charge in [-0.25, -0.2) is 4.79 Å². The summed E-state index contributed by atoms with van der Waals surface area (Å²) < 4.78 is 0.763. The summed E-state index contributed by atoms with van der Waals surface area (Å²) in [4.78, 5) is 10.8. The fourth-order valence-corrected chi connectivity index (χ4v) is 1.60. The van der Waals surface area contributed by atoms with Crippen molar-refractivity contribution in [3.05, 3.63) is 38.8 Å². The number of hydrogen-bond acceptors (Lipinski definition) is 1. The number of carbonyl (C=O) groups is 1. The van der Waals surface area contributed by atoms with E-state index in [2.05, 4.69) is 15.9 Å². The van der Waals surface area contributed by atoms with Crippen LogP contribution in [0.4, 0.5) is 0 Å². The van der Waals surface area contributed by atoms with E-state index in [4.69, 9.17) is 16.7 Å². The summed E-state index contributed by atoms with van der Waals surface area (Å²) in [7, 11) is 0. The molecule has 1 rings (SSSR count). The molecule has 0 saturated carbocycles. The molecule has 1 aromatic rings. The summed E-state index contributed by atoms with van der Waals surface area (Å²) in [5, 5.41) is 9.45. The Balaban J connectivity index is 3.23. The first-order valence-electron chi connectivity index (χ1n) is 4.29. The van der Waals surface area contributed by atoms with Gasteiger partial charge in [0.05, 0.1) is 5.02 Å². The highest BCUT2D eigenvalue weighted by Gasteiger charge is 2.08. The summed E-state index contributed by atoms with van der Waals surface area (Å²) in [6, 6.07) is 5.35. The molecule has 2 nitrogen and oxygen atoms in total. The molecule has 0 amide bonds. The van der Waals surface area contributed by atoms with Gasteiger partial charge in [0.25, 0.3) is 0 Å². The van der Waals surface area contributed by atoms with Crippen LogP contribution in [0.2, 0.25) is 5.02 Å². The second kappa shape index (κ2) is 4.81. The van der Waals surface area contributed by atoms with Gasteiger partial charge in [0.15, 0.2) is 0 Å². The van der Waals surface area contributed by atoms with Gasteiger partial charge in [-0.1, -0.05) is 17.7 Å². The van der Waals surface area contributed by atoms with Gasteiger partial charge >= 0.3 is 5.97 Å². The van der Waals surface area contributed by atoms with Crippen LogP contribution in [0.15, 0.2) is 28.2 Å². The third-order valence-corrected chi connectivity index (χ3v) is 3.45. The number of hydrogen-bond donors (Lipinski definition) is 1. The minimum absolute atomic E-state index is 0.337. The first kappa shape index (κ1) is 12.3. The van der Waals surface area contributed by atoms with Crippen LogP contribution in [0.1, 0.15) is 19.4 Å². The molecule has 80 valence electrons. The number of aliphatic carboxylic acids is 1. The standard InChI is InChI=1S/C11H10BrClO2/c1-6(7(2)11(14)15)8-3-4-10(13)9(12)5-8/h3-5H,1-2H3,(H,14,15)/b7-6-. The molecule has 0 saturated heterocycles. The van der Waals surface area contributed by atoms with Crippen molar-refractivity contribution in [1.29, 1.82) is 0 Å². The largest absolute Gasteiger partial charge is 0.478 e. The number of carboxylic acids is 1. The fraction of sp³-hybridized carbons (Fsp3) is 0.182. The van der Waals surface area contributed by atoms with Gasteiger partial charge in [-0.05, 0) is 53.0 Å². The predicted molar refractivity (Wildman–Crippen MR) is 65.1 cm³/mol. The predicted octanol–water partition coefficient (Wildman–Crippen LogP) is 3.98. The van der Waals surface area contributed by atoms with Crippen molar-refractivity contribution >= 4 is 39.1 Å². The van der Waals surface area contributed by atoms with Crippen molar-refractivity contribution in [2.24, 2.45) is 0 Å². The minimum atomic E-state index is -0.904. The molecule has 0 bridgehead atoms. The third kappa shape index (κ3) is 2.83. The average Bonchev–Trinajstić information content (AvgIpc) is 2.19. The molecule has 0 radical (unpaired) electrons. The Morgan fingerprint density at radius 1 is 1.40 bits per heavy atom. The topological polar surface area (TPSA) is 37.3 Å². The zero-order valence-electron chi connectivity index (χ0n) is 8.34. The Morgan fingerprint density at radius 2 is 2.00 bits per heavy atom. The second-order valence-corrected chi connectivity index (χ2v) is 4.45. The molecule has 0 aliphatic rings. The van der Waals surface area contributed by atoms with E-state index in [1.165, 1.54) is 0 Å². The van der Waals surface area contributed by atoms with Crippen molar-refractivity contribution in [1.82, 2.24) is 0 Å². The molecule has 0 aromatic heterocycles. The van der Waals surface area contributed by atoms with Gasteiger partial charge in [-0.3, -0.25) is 0 Å². The number of carboxylic acid groups (broad SMARTS) is 1. The van der Waals surface area contributed by atoms with Crippen LogP contribution in [-0.2, 0) is 4.79 Å². The number of allylic oxidation sites excluding steroid dienone is 1. The molecular weight excluding hydrogens is 279 g/mol. The first-order chi connectivity index (χ1) is 6.93. The third-order valence-electron chi connectivity index (χ3n) is 2.24. The fourth-order valence-electron chi connectivity index (χ4n) is 1.11. The lowest BCUT2D eigenvalue weighted by Crippen LogP contribution is -1.99. The Morgan fingerprint density at radius 3 is 2.47 bits per heavy atom. The average molecular weight is 290 g/mol. The molecular formula is C11H10BrClO2. The van der Waals surface area contributed by atoms with Gasteiger partial charge in [-0.15, -0.1) is 0 Å². The van der Waals surface area contributed by atoms with Gasteiger partial charge in [0, 0.05) is 10.0 Å². The van der Waals surface area contributed by atoms with Crippen LogP contribution >= 0.6 is 27.5 Å². The van der Waals surface area contributed by atoms with Crippen LogP contribution in [0.5, 0.6) is 0 Å². The van der Waals surface area contributed by atoms with Crippen LogP contribution in [0.3, 0.4) is 0 Å². The van der Waals surface area contributed by atoms with Gasteiger partial charge < -0.3 is 5.11 Å². The maximum atomic E-state index is 10.8. The summed E-state index contributed by atoms with van der Waals surface area (Å²) in [5.74, 6) is -0.904. The molecule has 0 heterocycles. The molecule has 1 N–H and O–H groups in total. The Bertz CT molecular complexity index is 438. The van der Waals surface area contributed by atoms with Crippen LogP contribution in [-0.4, -0.2) is 11.1 Å². The second-order valence-electron chi connectivity index (χ2n) is 3.18. The zero-order valence-corrected chi connectivity index (χ0v) is 10.7. The lowest BCUT2D eigenvalue weighted by Gasteiger charge is -2.06. The highest BCUT2D eigenvalue weighted by Crippen LogP contribution is 2.27. The molecule has 0 fully saturated rings. The normalized spacial score (nSPS) is 12.3. The van der Waals surface area contributed by atoms with Crippen molar-refractivity contribution < 1.29 is 9.90 Å². The van der Waals surface area contributed by atoms with E-state index in [1.807, 2.05) is 6.07 Å². The van der Waals surface area contributed by atoms with Crippen LogP contribution in [0.25, 0.3) is 5.57 Å². The highest BCUT2D eigenvalue weighted by molar-refractivity contribution is 9.10. The maximum Gasteiger partial charge on any atom is 0.331 e.